The average molecular weight is 218 g/mol. The largest absolute Gasteiger partial charge is 0.497 e. The molecule has 1 aromatic carbocycles. The normalized spacial score (nSPS) is 10.1. The van der Waals surface area contributed by atoms with Crippen LogP contribution in [-0.4, -0.2) is 20.0 Å². The van der Waals surface area contributed by atoms with Gasteiger partial charge in [-0.3, -0.25) is 4.79 Å². The second-order valence-electron chi connectivity index (χ2n) is 3.05. The van der Waals surface area contributed by atoms with Crippen LogP contribution in [0.15, 0.2) is 36.9 Å². The molecule has 0 fully saturated rings. The summed E-state index contributed by atoms with van der Waals surface area (Å²) in [6.07, 6.45) is 4.38. The molecule has 0 N–H and O–H groups in total. The second kappa shape index (κ2) is 5.75. The third-order valence-corrected chi connectivity index (χ3v) is 2.07. The highest BCUT2D eigenvalue weighted by atomic mass is 16.5. The first kappa shape index (κ1) is 12.0. The number of hydrogen-bond acceptors (Lipinski definition) is 3. The van der Waals surface area contributed by atoms with Crippen LogP contribution in [0.25, 0.3) is 6.08 Å². The van der Waals surface area contributed by atoms with E-state index in [1.807, 2.05) is 6.07 Å². The van der Waals surface area contributed by atoms with E-state index in [1.165, 1.54) is 12.2 Å². The van der Waals surface area contributed by atoms with Gasteiger partial charge in [0.2, 0.25) is 0 Å². The molecule has 0 atom stereocenters. The highest BCUT2D eigenvalue weighted by molar-refractivity contribution is 6.01. The lowest BCUT2D eigenvalue weighted by atomic mass is 10.1. The van der Waals surface area contributed by atoms with Crippen molar-refractivity contribution in [3.63, 3.8) is 0 Å². The zero-order valence-corrected chi connectivity index (χ0v) is 9.40. The van der Waals surface area contributed by atoms with Crippen LogP contribution in [0.1, 0.15) is 5.56 Å². The number of hydrogen-bond donors (Lipinski definition) is 0. The van der Waals surface area contributed by atoms with E-state index < -0.39 is 0 Å². The minimum absolute atomic E-state index is 0.141. The van der Waals surface area contributed by atoms with Gasteiger partial charge in [0.15, 0.2) is 5.78 Å². The zero-order chi connectivity index (χ0) is 12.0. The lowest BCUT2D eigenvalue weighted by molar-refractivity contribution is -0.110. The SMILES string of the molecule is C=CC(=O)C=Cc1ccc(OC)cc1OC. The molecule has 0 saturated heterocycles. The van der Waals surface area contributed by atoms with E-state index >= 15 is 0 Å². The molecule has 1 rings (SSSR count). The maximum absolute atomic E-state index is 11.0. The molecular formula is C13H14O3. The Bertz CT molecular complexity index is 419. The Hall–Kier alpha value is -2.03. The van der Waals surface area contributed by atoms with Crippen molar-refractivity contribution in [3.8, 4) is 11.5 Å². The van der Waals surface area contributed by atoms with Gasteiger partial charge >= 0.3 is 0 Å². The molecule has 0 spiro atoms. The summed E-state index contributed by atoms with van der Waals surface area (Å²) in [5.74, 6) is 1.23. The molecule has 0 aliphatic rings. The van der Waals surface area contributed by atoms with Gasteiger partial charge in [0.25, 0.3) is 0 Å². The molecule has 0 radical (unpaired) electrons. The van der Waals surface area contributed by atoms with Crippen LogP contribution in [0.5, 0.6) is 11.5 Å². The summed E-state index contributed by atoms with van der Waals surface area (Å²) in [6, 6.07) is 5.39. The van der Waals surface area contributed by atoms with E-state index in [4.69, 9.17) is 9.47 Å². The number of allylic oxidation sites excluding steroid dienone is 2. The van der Waals surface area contributed by atoms with E-state index in [1.54, 1.807) is 32.4 Å². The molecule has 1 aromatic rings. The molecule has 84 valence electrons. The van der Waals surface area contributed by atoms with Crippen LogP contribution in [0.3, 0.4) is 0 Å². The van der Waals surface area contributed by atoms with Gasteiger partial charge in [0.05, 0.1) is 14.2 Å². The first-order valence-electron chi connectivity index (χ1n) is 4.77. The first-order chi connectivity index (χ1) is 7.71. The molecule has 0 saturated carbocycles. The maximum Gasteiger partial charge on any atom is 0.178 e. The fourth-order valence-electron chi connectivity index (χ4n) is 1.20. The summed E-state index contributed by atoms with van der Waals surface area (Å²) < 4.78 is 10.3. The topological polar surface area (TPSA) is 35.5 Å². The lowest BCUT2D eigenvalue weighted by Gasteiger charge is -2.06. The van der Waals surface area contributed by atoms with Crippen molar-refractivity contribution < 1.29 is 14.3 Å². The smallest absolute Gasteiger partial charge is 0.178 e. The van der Waals surface area contributed by atoms with Crippen molar-refractivity contribution in [1.82, 2.24) is 0 Å². The Morgan fingerprint density at radius 1 is 1.31 bits per heavy atom. The van der Waals surface area contributed by atoms with Gasteiger partial charge in [-0.25, -0.2) is 0 Å². The predicted octanol–water partition coefficient (Wildman–Crippen LogP) is 2.47. The fourth-order valence-corrected chi connectivity index (χ4v) is 1.20. The third-order valence-electron chi connectivity index (χ3n) is 2.07. The molecule has 0 aliphatic carbocycles. The molecule has 0 amide bonds. The lowest BCUT2D eigenvalue weighted by Crippen LogP contribution is -1.90. The number of carbonyl (C=O) groups excluding carboxylic acids is 1. The van der Waals surface area contributed by atoms with E-state index in [9.17, 15) is 4.79 Å². The van der Waals surface area contributed by atoms with Gasteiger partial charge in [-0.1, -0.05) is 6.58 Å². The summed E-state index contributed by atoms with van der Waals surface area (Å²) in [4.78, 5) is 11.0. The van der Waals surface area contributed by atoms with Crippen LogP contribution < -0.4 is 9.47 Å². The van der Waals surface area contributed by atoms with Crippen molar-refractivity contribution in [2.45, 2.75) is 0 Å². The number of ketones is 1. The van der Waals surface area contributed by atoms with E-state index in [-0.39, 0.29) is 5.78 Å². The van der Waals surface area contributed by atoms with Crippen LogP contribution in [0.4, 0.5) is 0 Å². The van der Waals surface area contributed by atoms with Gasteiger partial charge in [0.1, 0.15) is 11.5 Å². The average Bonchev–Trinajstić information content (AvgIpc) is 2.35. The highest BCUT2D eigenvalue weighted by Crippen LogP contribution is 2.25. The van der Waals surface area contributed by atoms with Crippen molar-refractivity contribution in [2.24, 2.45) is 0 Å². The number of rotatable bonds is 5. The summed E-state index contributed by atoms with van der Waals surface area (Å²) in [6.45, 7) is 3.39. The standard InChI is InChI=1S/C13H14O3/c1-4-11(14)7-5-10-6-8-12(15-2)9-13(10)16-3/h4-9H,1H2,2-3H3. The molecule has 3 heteroatoms. The van der Waals surface area contributed by atoms with Crippen molar-refractivity contribution >= 4 is 11.9 Å². The Labute approximate surface area is 95.0 Å². The van der Waals surface area contributed by atoms with Gasteiger partial charge in [-0.15, -0.1) is 0 Å². The monoisotopic (exact) mass is 218 g/mol. The first-order valence-corrected chi connectivity index (χ1v) is 4.77. The summed E-state index contributed by atoms with van der Waals surface area (Å²) in [5.41, 5.74) is 0.818. The van der Waals surface area contributed by atoms with E-state index in [0.717, 1.165) is 5.56 Å². The molecule has 0 unspecified atom stereocenters. The number of benzene rings is 1. The fraction of sp³-hybridized carbons (Fsp3) is 0.154. The Balaban J connectivity index is 3.00. The molecule has 16 heavy (non-hydrogen) atoms. The van der Waals surface area contributed by atoms with Gasteiger partial charge in [-0.2, -0.15) is 0 Å². The van der Waals surface area contributed by atoms with Crippen LogP contribution in [-0.2, 0) is 4.79 Å². The van der Waals surface area contributed by atoms with Crippen molar-refractivity contribution in [1.29, 1.82) is 0 Å². The van der Waals surface area contributed by atoms with Crippen molar-refractivity contribution in [3.05, 3.63) is 42.5 Å². The highest BCUT2D eigenvalue weighted by Gasteiger charge is 2.01. The predicted molar refractivity (Wildman–Crippen MR) is 63.8 cm³/mol. The van der Waals surface area contributed by atoms with Crippen LogP contribution in [0, 0.1) is 0 Å². The Morgan fingerprint density at radius 2 is 2.06 bits per heavy atom. The summed E-state index contributed by atoms with van der Waals surface area (Å²) >= 11 is 0. The molecule has 3 nitrogen and oxygen atoms in total. The van der Waals surface area contributed by atoms with Crippen LogP contribution >= 0.6 is 0 Å². The number of ether oxygens (including phenoxy) is 2. The molecule has 0 aliphatic heterocycles. The molecule has 0 aromatic heterocycles. The maximum atomic E-state index is 11.0. The minimum Gasteiger partial charge on any atom is -0.497 e. The van der Waals surface area contributed by atoms with Gasteiger partial charge < -0.3 is 9.47 Å². The summed E-state index contributed by atoms with van der Waals surface area (Å²) in [5, 5.41) is 0. The minimum atomic E-state index is -0.141. The summed E-state index contributed by atoms with van der Waals surface area (Å²) in [7, 11) is 3.16. The number of carbonyl (C=O) groups is 1. The molecular weight excluding hydrogens is 204 g/mol. The van der Waals surface area contributed by atoms with E-state index in [0.29, 0.717) is 11.5 Å². The Morgan fingerprint density at radius 3 is 2.62 bits per heavy atom. The zero-order valence-electron chi connectivity index (χ0n) is 9.40. The molecule has 0 heterocycles. The van der Waals surface area contributed by atoms with Crippen LogP contribution in [0.2, 0.25) is 0 Å². The quantitative estimate of drug-likeness (QED) is 0.712. The molecule has 0 bridgehead atoms. The Kier molecular flexibility index (Phi) is 4.33. The second-order valence-corrected chi connectivity index (χ2v) is 3.05. The number of methoxy groups -OCH3 is 2. The van der Waals surface area contributed by atoms with Gasteiger partial charge in [-0.05, 0) is 30.4 Å². The third kappa shape index (κ3) is 2.98. The van der Waals surface area contributed by atoms with E-state index in [2.05, 4.69) is 6.58 Å². The van der Waals surface area contributed by atoms with Crippen molar-refractivity contribution in [2.75, 3.05) is 14.2 Å². The van der Waals surface area contributed by atoms with Gasteiger partial charge in [0, 0.05) is 11.6 Å².